The SMILES string of the molecule is CCCCC(N=C1NS(=O)(=O)c2ccccc21)C(=O)Nc1cccc(I)c1. The number of nitrogens with one attached hydrogen (secondary N) is 2. The van der Waals surface area contributed by atoms with E-state index in [0.717, 1.165) is 16.4 Å². The molecular formula is C19H20IN3O3S. The van der Waals surface area contributed by atoms with Crippen LogP contribution >= 0.6 is 22.6 Å². The molecule has 2 aromatic rings. The van der Waals surface area contributed by atoms with Crippen LogP contribution in [-0.4, -0.2) is 26.2 Å². The maximum atomic E-state index is 12.8. The van der Waals surface area contributed by atoms with E-state index in [1.807, 2.05) is 31.2 Å². The molecule has 2 aromatic carbocycles. The Kier molecular flexibility index (Phi) is 6.15. The molecule has 2 N–H and O–H groups in total. The molecule has 1 atom stereocenters. The van der Waals surface area contributed by atoms with Gasteiger partial charge in [-0.15, -0.1) is 0 Å². The van der Waals surface area contributed by atoms with Crippen LogP contribution in [-0.2, 0) is 14.8 Å². The van der Waals surface area contributed by atoms with Crippen molar-refractivity contribution in [1.29, 1.82) is 0 Å². The number of aliphatic imine (C=N–C) groups is 1. The third kappa shape index (κ3) is 4.67. The highest BCUT2D eigenvalue weighted by molar-refractivity contribution is 14.1. The first-order valence-corrected chi connectivity index (χ1v) is 11.2. The molecular weight excluding hydrogens is 477 g/mol. The fraction of sp³-hybridized carbons (Fsp3) is 0.263. The predicted molar refractivity (Wildman–Crippen MR) is 114 cm³/mol. The summed E-state index contributed by atoms with van der Waals surface area (Å²) in [6, 6.07) is 13.5. The zero-order valence-corrected chi connectivity index (χ0v) is 17.7. The molecule has 1 unspecified atom stereocenters. The topological polar surface area (TPSA) is 87.6 Å². The number of halogens is 1. The van der Waals surface area contributed by atoms with Crippen molar-refractivity contribution in [3.05, 3.63) is 57.7 Å². The molecule has 8 heteroatoms. The number of nitrogens with zero attached hydrogens (tertiary/aromatic N) is 1. The normalized spacial score (nSPS) is 17.2. The molecule has 0 aliphatic carbocycles. The van der Waals surface area contributed by atoms with Crippen molar-refractivity contribution >= 4 is 50.0 Å². The zero-order valence-electron chi connectivity index (χ0n) is 14.8. The van der Waals surface area contributed by atoms with Crippen LogP contribution in [0.1, 0.15) is 31.7 Å². The Bertz CT molecular complexity index is 989. The monoisotopic (exact) mass is 497 g/mol. The number of hydrogen-bond donors (Lipinski definition) is 2. The Morgan fingerprint density at radius 3 is 2.74 bits per heavy atom. The maximum Gasteiger partial charge on any atom is 0.263 e. The molecule has 0 saturated heterocycles. The third-order valence-corrected chi connectivity index (χ3v) is 6.24. The van der Waals surface area contributed by atoms with Crippen LogP contribution in [0.4, 0.5) is 5.69 Å². The van der Waals surface area contributed by atoms with E-state index < -0.39 is 16.1 Å². The molecule has 1 aliphatic rings. The summed E-state index contributed by atoms with van der Waals surface area (Å²) in [5.41, 5.74) is 1.20. The Hall–Kier alpha value is -1.94. The quantitative estimate of drug-likeness (QED) is 0.599. The van der Waals surface area contributed by atoms with Crippen LogP contribution in [0, 0.1) is 3.57 Å². The first-order valence-electron chi connectivity index (χ1n) is 8.67. The second-order valence-corrected chi connectivity index (χ2v) is 9.13. The number of anilines is 1. The van der Waals surface area contributed by atoms with Gasteiger partial charge < -0.3 is 5.32 Å². The molecule has 0 saturated carbocycles. The fourth-order valence-corrected chi connectivity index (χ4v) is 4.61. The predicted octanol–water partition coefficient (Wildman–Crippen LogP) is 3.53. The minimum absolute atomic E-state index is 0.191. The molecule has 1 heterocycles. The van der Waals surface area contributed by atoms with Crippen LogP contribution in [0.5, 0.6) is 0 Å². The third-order valence-electron chi connectivity index (χ3n) is 4.17. The van der Waals surface area contributed by atoms with Crippen molar-refractivity contribution < 1.29 is 13.2 Å². The molecule has 3 rings (SSSR count). The molecule has 0 aromatic heterocycles. The number of hydrogen-bond acceptors (Lipinski definition) is 4. The summed E-state index contributed by atoms with van der Waals surface area (Å²) in [6.45, 7) is 2.04. The van der Waals surface area contributed by atoms with E-state index in [1.54, 1.807) is 18.2 Å². The summed E-state index contributed by atoms with van der Waals surface area (Å²) >= 11 is 2.18. The van der Waals surface area contributed by atoms with Gasteiger partial charge in [0.05, 0.1) is 4.90 Å². The van der Waals surface area contributed by atoms with E-state index in [4.69, 9.17) is 0 Å². The molecule has 27 heavy (non-hydrogen) atoms. The van der Waals surface area contributed by atoms with Crippen molar-refractivity contribution in [1.82, 2.24) is 4.72 Å². The highest BCUT2D eigenvalue weighted by Crippen LogP contribution is 2.23. The van der Waals surface area contributed by atoms with Gasteiger partial charge in [-0.05, 0) is 59.3 Å². The second-order valence-electron chi connectivity index (χ2n) is 6.24. The molecule has 0 fully saturated rings. The molecule has 1 aliphatic heterocycles. The van der Waals surface area contributed by atoms with E-state index in [2.05, 4.69) is 37.6 Å². The summed E-state index contributed by atoms with van der Waals surface area (Å²) in [5.74, 6) is -0.0222. The minimum Gasteiger partial charge on any atom is -0.324 e. The maximum absolute atomic E-state index is 12.8. The fourth-order valence-electron chi connectivity index (χ4n) is 2.83. The number of carbonyl (C=O) groups is 1. The average Bonchev–Trinajstić information content (AvgIpc) is 2.89. The lowest BCUT2D eigenvalue weighted by Crippen LogP contribution is -2.30. The van der Waals surface area contributed by atoms with Gasteiger partial charge in [0.25, 0.3) is 10.0 Å². The van der Waals surface area contributed by atoms with Gasteiger partial charge in [0.2, 0.25) is 5.91 Å². The molecule has 0 spiro atoms. The van der Waals surface area contributed by atoms with Gasteiger partial charge in [0.15, 0.2) is 0 Å². The van der Waals surface area contributed by atoms with Gasteiger partial charge in [-0.3, -0.25) is 14.5 Å². The van der Waals surface area contributed by atoms with Gasteiger partial charge in [0, 0.05) is 14.8 Å². The number of sulfonamides is 1. The minimum atomic E-state index is -3.62. The lowest BCUT2D eigenvalue weighted by atomic mass is 10.1. The number of carbonyl (C=O) groups excluding carboxylic acids is 1. The van der Waals surface area contributed by atoms with Gasteiger partial charge in [0.1, 0.15) is 11.9 Å². The summed E-state index contributed by atoms with van der Waals surface area (Å²) in [5, 5.41) is 2.88. The Labute approximate surface area is 172 Å². The number of amidine groups is 1. The second kappa shape index (κ2) is 8.39. The van der Waals surface area contributed by atoms with Gasteiger partial charge in [-0.2, -0.15) is 0 Å². The van der Waals surface area contributed by atoms with Crippen LogP contribution in [0.15, 0.2) is 58.4 Å². The standard InChI is InChI=1S/C19H20IN3O3S/c1-2-3-10-16(19(24)21-14-8-6-7-13(20)12-14)22-18-15-9-4-5-11-17(15)27(25,26)23-18/h4-9,11-12,16H,2-3,10H2,1H3,(H,21,24)(H,22,23). The number of unbranched alkanes of at least 4 members (excludes halogenated alkanes) is 1. The van der Waals surface area contributed by atoms with E-state index in [9.17, 15) is 13.2 Å². The molecule has 142 valence electrons. The number of benzene rings is 2. The number of amides is 1. The van der Waals surface area contributed by atoms with Crippen LogP contribution in [0.3, 0.4) is 0 Å². The van der Waals surface area contributed by atoms with Gasteiger partial charge in [-0.25, -0.2) is 8.42 Å². The molecule has 1 amide bonds. The van der Waals surface area contributed by atoms with Crippen molar-refractivity contribution in [2.75, 3.05) is 5.32 Å². The Morgan fingerprint density at radius 1 is 1.22 bits per heavy atom. The zero-order chi connectivity index (χ0) is 19.4. The van der Waals surface area contributed by atoms with E-state index in [-0.39, 0.29) is 16.6 Å². The largest absolute Gasteiger partial charge is 0.324 e. The van der Waals surface area contributed by atoms with E-state index >= 15 is 0 Å². The first kappa shape index (κ1) is 19.8. The average molecular weight is 497 g/mol. The summed E-state index contributed by atoms with van der Waals surface area (Å²) in [7, 11) is -3.62. The van der Waals surface area contributed by atoms with Crippen LogP contribution < -0.4 is 10.0 Å². The Morgan fingerprint density at radius 2 is 2.00 bits per heavy atom. The Balaban J connectivity index is 1.89. The number of fused-ring (bicyclic) bond motifs is 1. The summed E-state index contributed by atoms with van der Waals surface area (Å²) in [4.78, 5) is 17.5. The van der Waals surface area contributed by atoms with Crippen molar-refractivity contribution in [3.8, 4) is 0 Å². The highest BCUT2D eigenvalue weighted by Gasteiger charge is 2.31. The summed E-state index contributed by atoms with van der Waals surface area (Å²) < 4.78 is 28.0. The number of rotatable bonds is 6. The van der Waals surface area contributed by atoms with Gasteiger partial charge >= 0.3 is 0 Å². The molecule has 6 nitrogen and oxygen atoms in total. The van der Waals surface area contributed by atoms with Crippen molar-refractivity contribution in [2.45, 2.75) is 37.1 Å². The lowest BCUT2D eigenvalue weighted by Gasteiger charge is -2.14. The molecule has 0 radical (unpaired) electrons. The summed E-state index contributed by atoms with van der Waals surface area (Å²) in [6.07, 6.45) is 2.27. The lowest BCUT2D eigenvalue weighted by molar-refractivity contribution is -0.117. The highest BCUT2D eigenvalue weighted by atomic mass is 127. The van der Waals surface area contributed by atoms with Crippen molar-refractivity contribution in [2.24, 2.45) is 4.99 Å². The first-order chi connectivity index (χ1) is 12.9. The molecule has 0 bridgehead atoms. The van der Waals surface area contributed by atoms with E-state index in [1.165, 1.54) is 6.07 Å². The van der Waals surface area contributed by atoms with Crippen molar-refractivity contribution in [3.63, 3.8) is 0 Å². The smallest absolute Gasteiger partial charge is 0.263 e. The van der Waals surface area contributed by atoms with Crippen LogP contribution in [0.25, 0.3) is 0 Å². The van der Waals surface area contributed by atoms with Gasteiger partial charge in [-0.1, -0.05) is 38.0 Å². The van der Waals surface area contributed by atoms with E-state index in [0.29, 0.717) is 17.7 Å². The van der Waals surface area contributed by atoms with Crippen LogP contribution in [0.2, 0.25) is 0 Å².